The Morgan fingerprint density at radius 2 is 1.93 bits per heavy atom. The first-order valence-electron chi connectivity index (χ1n) is 10.8. The van der Waals surface area contributed by atoms with Gasteiger partial charge in [0.2, 0.25) is 0 Å². The van der Waals surface area contributed by atoms with Crippen molar-refractivity contribution in [1.82, 2.24) is 0 Å². The summed E-state index contributed by atoms with van der Waals surface area (Å²) in [5.74, 6) is 0.601. The number of rotatable bonds is 12. The zero-order valence-corrected chi connectivity index (χ0v) is 19.3. The molecule has 0 unspecified atom stereocenters. The van der Waals surface area contributed by atoms with Crippen molar-refractivity contribution >= 4 is 17.5 Å². The average molecular weight is 399 g/mol. The summed E-state index contributed by atoms with van der Waals surface area (Å²) in [6, 6.07) is 0. The van der Waals surface area contributed by atoms with Crippen molar-refractivity contribution in [1.29, 1.82) is 0 Å². The molecule has 1 aliphatic carbocycles. The Balaban J connectivity index is 3.14. The van der Waals surface area contributed by atoms with Gasteiger partial charge in [0.1, 0.15) is 0 Å². The minimum atomic E-state index is 0.136. The first kappa shape index (κ1) is 24.5. The van der Waals surface area contributed by atoms with Crippen LogP contribution in [0.5, 0.6) is 0 Å². The maximum absolute atomic E-state index is 12.3. The topological polar surface area (TPSA) is 17.1 Å². The fourth-order valence-electron chi connectivity index (χ4n) is 3.03. The second kappa shape index (κ2) is 13.6. The summed E-state index contributed by atoms with van der Waals surface area (Å²) >= 11 is 1.75. The van der Waals surface area contributed by atoms with Gasteiger partial charge < -0.3 is 0 Å². The lowest BCUT2D eigenvalue weighted by molar-refractivity contribution is -0.115. The molecule has 154 valence electrons. The monoisotopic (exact) mass is 398 g/mol. The molecule has 0 atom stereocenters. The molecule has 0 bridgehead atoms. The van der Waals surface area contributed by atoms with Crippen LogP contribution in [0.15, 0.2) is 69.6 Å². The third kappa shape index (κ3) is 8.65. The van der Waals surface area contributed by atoms with Crippen LogP contribution in [0.4, 0.5) is 0 Å². The van der Waals surface area contributed by atoms with Crippen molar-refractivity contribution in [2.45, 2.75) is 79.6 Å². The third-order valence-electron chi connectivity index (χ3n) is 4.78. The van der Waals surface area contributed by atoms with Crippen molar-refractivity contribution in [2.75, 3.05) is 0 Å². The van der Waals surface area contributed by atoms with Crippen LogP contribution in [-0.2, 0) is 4.79 Å². The van der Waals surface area contributed by atoms with E-state index in [0.29, 0.717) is 17.9 Å². The van der Waals surface area contributed by atoms with Crippen molar-refractivity contribution in [3.8, 4) is 0 Å². The lowest BCUT2D eigenvalue weighted by atomic mass is 9.99. The molecule has 0 fully saturated rings. The molecule has 0 saturated heterocycles. The van der Waals surface area contributed by atoms with Gasteiger partial charge in [-0.05, 0) is 43.3 Å². The molecule has 0 amide bonds. The molecule has 1 nitrogen and oxygen atoms in total. The van der Waals surface area contributed by atoms with E-state index in [4.69, 9.17) is 0 Å². The highest BCUT2D eigenvalue weighted by atomic mass is 32.2. The first-order valence-corrected chi connectivity index (χ1v) is 11.6. The quantitative estimate of drug-likeness (QED) is 0.186. The molecule has 28 heavy (non-hydrogen) atoms. The Bertz CT molecular complexity index is 683. The van der Waals surface area contributed by atoms with Crippen LogP contribution < -0.4 is 0 Å². The normalized spacial score (nSPS) is 15.4. The van der Waals surface area contributed by atoms with Crippen LogP contribution in [0.3, 0.4) is 0 Å². The Morgan fingerprint density at radius 1 is 1.18 bits per heavy atom. The van der Waals surface area contributed by atoms with E-state index in [1.165, 1.54) is 36.2 Å². The Kier molecular flexibility index (Phi) is 11.9. The highest BCUT2D eigenvalue weighted by Gasteiger charge is 2.14. The summed E-state index contributed by atoms with van der Waals surface area (Å²) < 4.78 is 0. The lowest BCUT2D eigenvalue weighted by Crippen LogP contribution is -2.03. The van der Waals surface area contributed by atoms with Gasteiger partial charge in [0.05, 0.1) is 0 Å². The van der Waals surface area contributed by atoms with Crippen molar-refractivity contribution in [3.05, 3.63) is 69.6 Å². The number of thioether (sulfide) groups is 1. The number of ketones is 1. The Labute approximate surface area is 177 Å². The molecule has 1 aliphatic rings. The molecule has 0 saturated carbocycles. The van der Waals surface area contributed by atoms with Gasteiger partial charge in [-0.1, -0.05) is 102 Å². The minimum Gasteiger partial charge on any atom is -0.294 e. The number of carbonyl (C=O) groups is 1. The highest BCUT2D eigenvalue weighted by molar-refractivity contribution is 8.07. The van der Waals surface area contributed by atoms with Gasteiger partial charge >= 0.3 is 0 Å². The minimum absolute atomic E-state index is 0.136. The smallest absolute Gasteiger partial charge is 0.162 e. The molecule has 0 N–H and O–H groups in total. The summed E-state index contributed by atoms with van der Waals surface area (Å²) in [5.41, 5.74) is 3.24. The Morgan fingerprint density at radius 3 is 2.54 bits per heavy atom. The molecular weight excluding hydrogens is 360 g/mol. The SMILES string of the molecule is C=C(C(=O)CC)/C(CC)=C(\C=C/C(C)C)SC1=CC=C(CCCCC)CC=C1. The van der Waals surface area contributed by atoms with Gasteiger partial charge in [-0.3, -0.25) is 4.79 Å². The molecule has 2 heteroatoms. The standard InChI is InChI=1S/C26H38OS/c1-7-10-11-13-22-14-12-15-23(18-17-22)28-26(19-16-20(4)5)24(8-2)21(6)25(27)9-3/h12,15-20H,6-11,13-14H2,1-5H3/b19-16-,26-24+. The van der Waals surface area contributed by atoms with Crippen molar-refractivity contribution in [3.63, 3.8) is 0 Å². The number of hydrogen-bond acceptors (Lipinski definition) is 2. The van der Waals surface area contributed by atoms with E-state index in [1.54, 1.807) is 11.8 Å². The van der Waals surface area contributed by atoms with E-state index in [-0.39, 0.29) is 5.78 Å². The van der Waals surface area contributed by atoms with E-state index >= 15 is 0 Å². The number of carbonyl (C=O) groups excluding carboxylic acids is 1. The van der Waals surface area contributed by atoms with Crippen LogP contribution in [0.2, 0.25) is 0 Å². The summed E-state index contributed by atoms with van der Waals surface area (Å²) in [6.07, 6.45) is 20.7. The van der Waals surface area contributed by atoms with Gasteiger partial charge in [-0.15, -0.1) is 0 Å². The second-order valence-corrected chi connectivity index (χ2v) is 8.73. The van der Waals surface area contributed by atoms with E-state index in [0.717, 1.165) is 23.3 Å². The maximum Gasteiger partial charge on any atom is 0.162 e. The molecule has 0 aromatic heterocycles. The van der Waals surface area contributed by atoms with Crippen LogP contribution in [-0.4, -0.2) is 5.78 Å². The molecular formula is C26H38OS. The highest BCUT2D eigenvalue weighted by Crippen LogP contribution is 2.35. The number of hydrogen-bond donors (Lipinski definition) is 0. The van der Waals surface area contributed by atoms with E-state index in [1.807, 2.05) is 6.92 Å². The van der Waals surface area contributed by atoms with Gasteiger partial charge in [0, 0.05) is 21.8 Å². The van der Waals surface area contributed by atoms with Crippen LogP contribution in [0.1, 0.15) is 79.6 Å². The van der Waals surface area contributed by atoms with Crippen LogP contribution >= 0.6 is 11.8 Å². The largest absolute Gasteiger partial charge is 0.294 e. The van der Waals surface area contributed by atoms with E-state index in [9.17, 15) is 4.79 Å². The van der Waals surface area contributed by atoms with E-state index in [2.05, 4.69) is 70.7 Å². The molecule has 0 spiro atoms. The van der Waals surface area contributed by atoms with Crippen LogP contribution in [0.25, 0.3) is 0 Å². The molecule has 0 aromatic rings. The summed E-state index contributed by atoms with van der Waals surface area (Å²) in [5, 5.41) is 0. The Hall–Kier alpha value is -1.54. The second-order valence-electron chi connectivity index (χ2n) is 7.61. The van der Waals surface area contributed by atoms with E-state index < -0.39 is 0 Å². The van der Waals surface area contributed by atoms with Gasteiger partial charge in [0.25, 0.3) is 0 Å². The molecule has 0 radical (unpaired) electrons. The van der Waals surface area contributed by atoms with Gasteiger partial charge in [0.15, 0.2) is 5.78 Å². The third-order valence-corrected chi connectivity index (χ3v) is 5.89. The number of Topliss-reactive ketones (excluding diaryl/α,β-unsaturated/α-hetero) is 1. The average Bonchev–Trinajstić information content (AvgIpc) is 2.91. The first-order chi connectivity index (χ1) is 13.4. The molecule has 0 heterocycles. The van der Waals surface area contributed by atoms with Gasteiger partial charge in [-0.25, -0.2) is 0 Å². The predicted octanol–water partition coefficient (Wildman–Crippen LogP) is 8.48. The van der Waals surface area contributed by atoms with Crippen LogP contribution in [0, 0.1) is 5.92 Å². The lowest BCUT2D eigenvalue weighted by Gasteiger charge is -2.13. The maximum atomic E-state index is 12.3. The van der Waals surface area contributed by atoms with Crippen molar-refractivity contribution in [2.24, 2.45) is 5.92 Å². The number of unbranched alkanes of at least 4 members (excludes halogenated alkanes) is 2. The molecule has 1 rings (SSSR count). The molecule has 0 aliphatic heterocycles. The fourth-order valence-corrected chi connectivity index (χ4v) is 4.12. The summed E-state index contributed by atoms with van der Waals surface area (Å²) in [6.45, 7) is 14.7. The zero-order chi connectivity index (χ0) is 20.9. The predicted molar refractivity (Wildman–Crippen MR) is 127 cm³/mol. The molecule has 0 aromatic carbocycles. The summed E-state index contributed by atoms with van der Waals surface area (Å²) in [4.78, 5) is 14.6. The summed E-state index contributed by atoms with van der Waals surface area (Å²) in [7, 11) is 0. The fraction of sp³-hybridized carbons (Fsp3) is 0.500. The number of allylic oxidation sites excluding steroid dienone is 9. The van der Waals surface area contributed by atoms with Crippen molar-refractivity contribution < 1.29 is 4.79 Å². The van der Waals surface area contributed by atoms with Gasteiger partial charge in [-0.2, -0.15) is 0 Å². The zero-order valence-electron chi connectivity index (χ0n) is 18.5.